The summed E-state index contributed by atoms with van der Waals surface area (Å²) in [7, 11) is 0. The van der Waals surface area contributed by atoms with E-state index in [1.807, 2.05) is 12.1 Å². The summed E-state index contributed by atoms with van der Waals surface area (Å²) in [5, 5.41) is 15.3. The molecule has 7 nitrogen and oxygen atoms in total. The number of furan rings is 1. The maximum atomic E-state index is 11.9. The number of rotatable bonds is 6. The van der Waals surface area contributed by atoms with Crippen molar-refractivity contribution in [3.05, 3.63) is 48.0 Å². The number of hydrogen-bond donors (Lipinski definition) is 3. The van der Waals surface area contributed by atoms with Gasteiger partial charge in [0, 0.05) is 25.8 Å². The highest BCUT2D eigenvalue weighted by Gasteiger charge is 2.13. The van der Waals surface area contributed by atoms with Gasteiger partial charge in [0.1, 0.15) is 17.7 Å². The number of carbonyl (C=O) groups excluding carboxylic acids is 1. The molecule has 1 fully saturated rings. The van der Waals surface area contributed by atoms with Crippen molar-refractivity contribution in [1.82, 2.24) is 15.6 Å². The van der Waals surface area contributed by atoms with Crippen LogP contribution < -0.4 is 15.5 Å². The van der Waals surface area contributed by atoms with E-state index in [4.69, 9.17) is 4.42 Å². The van der Waals surface area contributed by atoms with Crippen LogP contribution in [0.1, 0.15) is 36.7 Å². The molecule has 1 atom stereocenters. The molecular weight excluding hydrogens is 320 g/mol. The lowest BCUT2D eigenvalue weighted by Crippen LogP contribution is -2.37. The summed E-state index contributed by atoms with van der Waals surface area (Å²) in [5.74, 6) is 1.40. The van der Waals surface area contributed by atoms with Gasteiger partial charge in [0.05, 0.1) is 12.8 Å². The highest BCUT2D eigenvalue weighted by atomic mass is 16.4. The summed E-state index contributed by atoms with van der Waals surface area (Å²) >= 11 is 0. The van der Waals surface area contributed by atoms with Crippen molar-refractivity contribution >= 4 is 11.8 Å². The first-order valence-corrected chi connectivity index (χ1v) is 8.65. The molecule has 0 spiro atoms. The van der Waals surface area contributed by atoms with Crippen LogP contribution in [-0.2, 0) is 6.54 Å². The molecule has 7 heteroatoms. The summed E-state index contributed by atoms with van der Waals surface area (Å²) in [6, 6.07) is 6.95. The lowest BCUT2D eigenvalue weighted by molar-refractivity contribution is 0.148. The normalized spacial score (nSPS) is 15.6. The van der Waals surface area contributed by atoms with E-state index in [2.05, 4.69) is 20.5 Å². The fraction of sp³-hybridized carbons (Fsp3) is 0.444. The number of amides is 2. The largest absolute Gasteiger partial charge is 0.467 e. The zero-order valence-electron chi connectivity index (χ0n) is 14.1. The smallest absolute Gasteiger partial charge is 0.315 e. The lowest BCUT2D eigenvalue weighted by Gasteiger charge is -2.27. The maximum absolute atomic E-state index is 11.9. The van der Waals surface area contributed by atoms with Crippen molar-refractivity contribution in [2.45, 2.75) is 31.9 Å². The molecule has 0 aliphatic carbocycles. The summed E-state index contributed by atoms with van der Waals surface area (Å²) in [6.07, 6.45) is 6.09. The van der Waals surface area contributed by atoms with Crippen molar-refractivity contribution in [3.63, 3.8) is 0 Å². The molecule has 2 amide bonds. The van der Waals surface area contributed by atoms with E-state index in [0.717, 1.165) is 24.5 Å². The van der Waals surface area contributed by atoms with Gasteiger partial charge < -0.3 is 25.1 Å². The standard InChI is InChI=1S/C18H24N4O3/c23-15(16-5-4-10-25-16)13-21-18(24)20-12-14-6-7-19-17(11-14)22-8-2-1-3-9-22/h4-7,10-11,15,23H,1-3,8-9,12-13H2,(H2,20,21,24). The molecular formula is C18H24N4O3. The van der Waals surface area contributed by atoms with Crippen LogP contribution in [-0.4, -0.2) is 35.8 Å². The molecule has 0 radical (unpaired) electrons. The zero-order valence-corrected chi connectivity index (χ0v) is 14.1. The van der Waals surface area contributed by atoms with Crippen LogP contribution in [0.25, 0.3) is 0 Å². The van der Waals surface area contributed by atoms with Gasteiger partial charge in [-0.3, -0.25) is 0 Å². The molecule has 25 heavy (non-hydrogen) atoms. The number of hydrogen-bond acceptors (Lipinski definition) is 5. The summed E-state index contributed by atoms with van der Waals surface area (Å²) in [5.41, 5.74) is 0.998. The fourth-order valence-electron chi connectivity index (χ4n) is 2.88. The molecule has 2 aromatic heterocycles. The van der Waals surface area contributed by atoms with Crippen LogP contribution in [0.4, 0.5) is 10.6 Å². The predicted octanol–water partition coefficient (Wildman–Crippen LogP) is 2.20. The van der Waals surface area contributed by atoms with Gasteiger partial charge in [-0.25, -0.2) is 9.78 Å². The molecule has 1 aliphatic heterocycles. The van der Waals surface area contributed by atoms with Crippen LogP contribution >= 0.6 is 0 Å². The van der Waals surface area contributed by atoms with Crippen LogP contribution in [0.5, 0.6) is 0 Å². The number of aromatic nitrogens is 1. The number of aliphatic hydroxyl groups excluding tert-OH is 1. The summed E-state index contributed by atoms with van der Waals surface area (Å²) < 4.78 is 5.09. The molecule has 1 aliphatic rings. The molecule has 0 bridgehead atoms. The summed E-state index contributed by atoms with van der Waals surface area (Å²) in [6.45, 7) is 2.57. The highest BCUT2D eigenvalue weighted by Crippen LogP contribution is 2.18. The third-order valence-corrected chi connectivity index (χ3v) is 4.27. The Kier molecular flexibility index (Phi) is 5.90. The second kappa shape index (κ2) is 8.53. The Balaban J connectivity index is 1.45. The van der Waals surface area contributed by atoms with E-state index in [9.17, 15) is 9.90 Å². The number of anilines is 1. The fourth-order valence-corrected chi connectivity index (χ4v) is 2.88. The molecule has 134 valence electrons. The van der Waals surface area contributed by atoms with Gasteiger partial charge in [-0.2, -0.15) is 0 Å². The van der Waals surface area contributed by atoms with Gasteiger partial charge in [0.15, 0.2) is 0 Å². The SMILES string of the molecule is O=C(NCc1ccnc(N2CCCCC2)c1)NCC(O)c1ccco1. The minimum atomic E-state index is -0.854. The molecule has 1 unspecified atom stereocenters. The van der Waals surface area contributed by atoms with E-state index in [1.54, 1.807) is 18.3 Å². The van der Waals surface area contributed by atoms with Gasteiger partial charge in [-0.1, -0.05) is 0 Å². The number of urea groups is 1. The van der Waals surface area contributed by atoms with E-state index in [1.165, 1.54) is 25.5 Å². The Morgan fingerprint density at radius 3 is 2.88 bits per heavy atom. The highest BCUT2D eigenvalue weighted by molar-refractivity contribution is 5.73. The van der Waals surface area contributed by atoms with E-state index in [-0.39, 0.29) is 12.6 Å². The minimum absolute atomic E-state index is 0.0920. The number of nitrogens with one attached hydrogen (secondary N) is 2. The van der Waals surface area contributed by atoms with Gasteiger partial charge in [-0.15, -0.1) is 0 Å². The second-order valence-corrected chi connectivity index (χ2v) is 6.16. The first kappa shape index (κ1) is 17.3. The first-order valence-electron chi connectivity index (χ1n) is 8.65. The molecule has 1 saturated heterocycles. The third-order valence-electron chi connectivity index (χ3n) is 4.27. The van der Waals surface area contributed by atoms with E-state index >= 15 is 0 Å². The van der Waals surface area contributed by atoms with Crippen molar-refractivity contribution in [2.24, 2.45) is 0 Å². The monoisotopic (exact) mass is 344 g/mol. The van der Waals surface area contributed by atoms with Crippen molar-refractivity contribution in [3.8, 4) is 0 Å². The molecule has 3 heterocycles. The van der Waals surface area contributed by atoms with Crippen molar-refractivity contribution in [1.29, 1.82) is 0 Å². The number of carbonyl (C=O) groups is 1. The Labute approximate surface area is 147 Å². The number of pyridine rings is 1. The molecule has 0 saturated carbocycles. The third kappa shape index (κ3) is 4.96. The molecule has 2 aromatic rings. The Hall–Kier alpha value is -2.54. The van der Waals surface area contributed by atoms with Gasteiger partial charge in [-0.05, 0) is 49.1 Å². The predicted molar refractivity (Wildman–Crippen MR) is 94.2 cm³/mol. The zero-order chi connectivity index (χ0) is 17.5. The van der Waals surface area contributed by atoms with Gasteiger partial charge in [0.25, 0.3) is 0 Å². The maximum Gasteiger partial charge on any atom is 0.315 e. The quantitative estimate of drug-likeness (QED) is 0.747. The average molecular weight is 344 g/mol. The Morgan fingerprint density at radius 1 is 1.28 bits per heavy atom. The van der Waals surface area contributed by atoms with Gasteiger partial charge >= 0.3 is 6.03 Å². The van der Waals surface area contributed by atoms with E-state index in [0.29, 0.717) is 12.3 Å². The summed E-state index contributed by atoms with van der Waals surface area (Å²) in [4.78, 5) is 18.6. The first-order chi connectivity index (χ1) is 12.2. The average Bonchev–Trinajstić information content (AvgIpc) is 3.20. The Morgan fingerprint density at radius 2 is 2.12 bits per heavy atom. The molecule has 3 rings (SSSR count). The van der Waals surface area contributed by atoms with Crippen molar-refractivity contribution < 1.29 is 14.3 Å². The topological polar surface area (TPSA) is 90.6 Å². The number of nitrogens with zero attached hydrogens (tertiary/aromatic N) is 2. The minimum Gasteiger partial charge on any atom is -0.467 e. The van der Waals surface area contributed by atoms with Crippen LogP contribution in [0.2, 0.25) is 0 Å². The molecule has 0 aromatic carbocycles. The van der Waals surface area contributed by atoms with Crippen molar-refractivity contribution in [2.75, 3.05) is 24.5 Å². The van der Waals surface area contributed by atoms with Crippen LogP contribution in [0.15, 0.2) is 41.1 Å². The molecule has 3 N–H and O–H groups in total. The number of aliphatic hydroxyl groups is 1. The van der Waals surface area contributed by atoms with Crippen LogP contribution in [0.3, 0.4) is 0 Å². The van der Waals surface area contributed by atoms with Gasteiger partial charge in [0.2, 0.25) is 0 Å². The van der Waals surface area contributed by atoms with Crippen LogP contribution in [0, 0.1) is 0 Å². The van der Waals surface area contributed by atoms with E-state index < -0.39 is 6.10 Å². The Bertz CT molecular complexity index is 669. The second-order valence-electron chi connectivity index (χ2n) is 6.16. The number of piperidine rings is 1. The lowest BCUT2D eigenvalue weighted by atomic mass is 10.1.